The zero-order valence-corrected chi connectivity index (χ0v) is 11.3. The Kier molecular flexibility index (Phi) is 2.76. The molecule has 0 unspecified atom stereocenters. The molecule has 0 amide bonds. The van der Waals surface area contributed by atoms with Crippen molar-refractivity contribution in [1.82, 2.24) is 9.72 Å². The number of para-hydroxylation sites is 1. The van der Waals surface area contributed by atoms with E-state index in [1.54, 1.807) is 20.0 Å². The minimum absolute atomic E-state index is 0.119. The van der Waals surface area contributed by atoms with E-state index in [1.807, 2.05) is 0 Å². The molecule has 0 aliphatic heterocycles. The van der Waals surface area contributed by atoms with Crippen molar-refractivity contribution in [3.63, 3.8) is 0 Å². The van der Waals surface area contributed by atoms with Crippen molar-refractivity contribution in [2.45, 2.75) is 13.1 Å². The average molecular weight is 295 g/mol. The zero-order valence-electron chi connectivity index (χ0n) is 11.3. The average Bonchev–Trinajstić information content (AvgIpc) is 2.92. The van der Waals surface area contributed by atoms with Crippen LogP contribution in [0.5, 0.6) is 0 Å². The van der Waals surface area contributed by atoms with Crippen molar-refractivity contribution < 1.29 is 17.7 Å². The maximum absolute atomic E-state index is 13.2. The smallest absolute Gasteiger partial charge is 0.368 e. The summed E-state index contributed by atoms with van der Waals surface area (Å²) in [5.41, 5.74) is 6.64. The van der Waals surface area contributed by atoms with E-state index >= 15 is 0 Å². The summed E-state index contributed by atoms with van der Waals surface area (Å²) < 4.78 is 45.9. The number of halogens is 3. The molecule has 4 nitrogen and oxygen atoms in total. The number of hydrogen-bond acceptors (Lipinski definition) is 3. The van der Waals surface area contributed by atoms with Gasteiger partial charge >= 0.3 is 6.18 Å². The van der Waals surface area contributed by atoms with Crippen LogP contribution in [0.4, 0.5) is 19.1 Å². The monoisotopic (exact) mass is 295 g/mol. The number of nitrogens with zero attached hydrogens (tertiary/aromatic N) is 2. The summed E-state index contributed by atoms with van der Waals surface area (Å²) in [5.74, 6) is 0.119. The number of aryl methyl sites for hydroxylation is 1. The summed E-state index contributed by atoms with van der Waals surface area (Å²) in [6.07, 6.45) is -4.42. The predicted molar refractivity (Wildman–Crippen MR) is 72.6 cm³/mol. The van der Waals surface area contributed by atoms with Gasteiger partial charge in [-0.05, 0) is 13.0 Å². The van der Waals surface area contributed by atoms with Crippen LogP contribution in [-0.2, 0) is 13.2 Å². The van der Waals surface area contributed by atoms with Gasteiger partial charge in [-0.25, -0.2) is 0 Å². The summed E-state index contributed by atoms with van der Waals surface area (Å²) in [6.45, 7) is 1.74. The molecule has 0 spiro atoms. The molecule has 21 heavy (non-hydrogen) atoms. The lowest BCUT2D eigenvalue weighted by atomic mass is 10.1. The van der Waals surface area contributed by atoms with E-state index in [0.717, 1.165) is 6.07 Å². The maximum Gasteiger partial charge on any atom is 0.418 e. The normalized spacial score (nSPS) is 12.2. The number of hydrogen-bond donors (Lipinski definition) is 1. The lowest BCUT2D eigenvalue weighted by Crippen LogP contribution is -2.07. The number of rotatable bonds is 1. The van der Waals surface area contributed by atoms with Crippen molar-refractivity contribution in [1.29, 1.82) is 0 Å². The molecule has 3 rings (SSSR count). The molecule has 0 aliphatic rings. The fourth-order valence-electron chi connectivity index (χ4n) is 2.60. The number of alkyl halides is 3. The first-order valence-electron chi connectivity index (χ1n) is 6.18. The number of aromatic nitrogens is 2. The fourth-order valence-corrected chi connectivity index (χ4v) is 2.60. The van der Waals surface area contributed by atoms with Crippen molar-refractivity contribution in [3.05, 3.63) is 35.5 Å². The van der Waals surface area contributed by atoms with Crippen LogP contribution in [0, 0.1) is 6.92 Å². The molecule has 7 heteroatoms. The Labute approximate surface area is 117 Å². The van der Waals surface area contributed by atoms with Gasteiger partial charge in [0.2, 0.25) is 5.88 Å². The Morgan fingerprint density at radius 1 is 1.29 bits per heavy atom. The highest BCUT2D eigenvalue weighted by atomic mass is 19.4. The van der Waals surface area contributed by atoms with Crippen LogP contribution >= 0.6 is 0 Å². The zero-order chi connectivity index (χ0) is 15.4. The molecule has 2 aromatic heterocycles. The van der Waals surface area contributed by atoms with Crippen LogP contribution in [0.15, 0.2) is 28.8 Å². The van der Waals surface area contributed by atoms with E-state index in [-0.39, 0.29) is 11.4 Å². The van der Waals surface area contributed by atoms with Crippen LogP contribution in [0.25, 0.3) is 22.2 Å². The lowest BCUT2D eigenvalue weighted by molar-refractivity contribution is -0.136. The van der Waals surface area contributed by atoms with Crippen molar-refractivity contribution >= 4 is 16.8 Å². The third-order valence-electron chi connectivity index (χ3n) is 3.60. The molecule has 0 saturated carbocycles. The molecule has 1 aromatic carbocycles. The van der Waals surface area contributed by atoms with Crippen LogP contribution in [0.2, 0.25) is 0 Å². The Balaban J connectivity index is 2.41. The van der Waals surface area contributed by atoms with Crippen LogP contribution in [0.1, 0.15) is 11.3 Å². The van der Waals surface area contributed by atoms with Crippen LogP contribution in [-0.4, -0.2) is 9.72 Å². The molecule has 2 N–H and O–H groups in total. The highest BCUT2D eigenvalue weighted by molar-refractivity contribution is 5.99. The van der Waals surface area contributed by atoms with Gasteiger partial charge in [0, 0.05) is 29.8 Å². The molecule has 0 bridgehead atoms. The molecule has 0 aliphatic carbocycles. The summed E-state index contributed by atoms with van der Waals surface area (Å²) >= 11 is 0. The van der Waals surface area contributed by atoms with Gasteiger partial charge in [-0.15, -0.1) is 0 Å². The largest absolute Gasteiger partial charge is 0.418 e. The summed E-state index contributed by atoms with van der Waals surface area (Å²) in [7, 11) is 1.60. The molecular weight excluding hydrogens is 283 g/mol. The van der Waals surface area contributed by atoms with Crippen molar-refractivity contribution in [2.24, 2.45) is 7.05 Å². The van der Waals surface area contributed by atoms with Gasteiger partial charge < -0.3 is 14.8 Å². The van der Waals surface area contributed by atoms with Gasteiger partial charge in [0.1, 0.15) is 5.69 Å². The molecule has 3 aromatic rings. The molecule has 0 atom stereocenters. The first kappa shape index (κ1) is 13.5. The molecule has 2 heterocycles. The van der Waals surface area contributed by atoms with Crippen LogP contribution < -0.4 is 5.73 Å². The second-order valence-corrected chi connectivity index (χ2v) is 4.83. The third-order valence-corrected chi connectivity index (χ3v) is 3.60. The lowest BCUT2D eigenvalue weighted by Gasteiger charge is -2.10. The Morgan fingerprint density at radius 3 is 2.57 bits per heavy atom. The number of anilines is 1. The minimum Gasteiger partial charge on any atom is -0.368 e. The summed E-state index contributed by atoms with van der Waals surface area (Å²) in [5, 5.41) is 4.28. The second-order valence-electron chi connectivity index (χ2n) is 4.83. The number of benzene rings is 1. The molecule has 0 saturated heterocycles. The van der Waals surface area contributed by atoms with Crippen molar-refractivity contribution in [2.75, 3.05) is 5.73 Å². The van der Waals surface area contributed by atoms with Crippen LogP contribution in [0.3, 0.4) is 0 Å². The Morgan fingerprint density at radius 2 is 2.00 bits per heavy atom. The topological polar surface area (TPSA) is 57.0 Å². The van der Waals surface area contributed by atoms with E-state index in [0.29, 0.717) is 22.3 Å². The highest BCUT2D eigenvalue weighted by Gasteiger charge is 2.34. The van der Waals surface area contributed by atoms with Crippen molar-refractivity contribution in [3.8, 4) is 11.3 Å². The maximum atomic E-state index is 13.2. The van der Waals surface area contributed by atoms with E-state index < -0.39 is 11.7 Å². The fraction of sp³-hybridized carbons (Fsp3) is 0.214. The van der Waals surface area contributed by atoms with E-state index in [4.69, 9.17) is 10.3 Å². The Bertz CT molecular complexity index is 830. The molecule has 0 radical (unpaired) electrons. The first-order valence-corrected chi connectivity index (χ1v) is 6.18. The van der Waals surface area contributed by atoms with Gasteiger partial charge in [-0.1, -0.05) is 17.3 Å². The van der Waals surface area contributed by atoms with Gasteiger partial charge in [-0.3, -0.25) is 0 Å². The van der Waals surface area contributed by atoms with E-state index in [9.17, 15) is 13.2 Å². The second kappa shape index (κ2) is 4.28. The minimum atomic E-state index is -4.42. The quantitative estimate of drug-likeness (QED) is 0.744. The highest BCUT2D eigenvalue weighted by Crippen LogP contribution is 2.40. The summed E-state index contributed by atoms with van der Waals surface area (Å²) in [4.78, 5) is 0. The first-order chi connectivity index (χ1) is 9.80. The van der Waals surface area contributed by atoms with Gasteiger partial charge in [0.15, 0.2) is 0 Å². The Hall–Kier alpha value is -2.44. The molecule has 0 fully saturated rings. The number of nitrogens with two attached hydrogens (primary N) is 1. The summed E-state index contributed by atoms with van der Waals surface area (Å²) in [6, 6.07) is 5.60. The molecular formula is C14H12F3N3O. The van der Waals surface area contributed by atoms with Gasteiger partial charge in [-0.2, -0.15) is 13.2 Å². The van der Waals surface area contributed by atoms with E-state index in [1.165, 1.54) is 16.7 Å². The van der Waals surface area contributed by atoms with Gasteiger partial charge in [0.25, 0.3) is 0 Å². The number of nitrogen functional groups attached to an aromatic ring is 1. The molecule has 110 valence electrons. The standard InChI is InChI=1S/C14H12F3N3O/c1-7-12(10-6-11(18)21-19-10)8-4-3-5-9(14(15,16)17)13(8)20(7)2/h3-6H,18H2,1-2H3. The van der Waals surface area contributed by atoms with E-state index in [2.05, 4.69) is 5.16 Å². The SMILES string of the molecule is Cc1c(-c2cc(N)on2)c2cccc(C(F)(F)F)c2n1C. The predicted octanol–water partition coefficient (Wildman–Crippen LogP) is 3.74. The third kappa shape index (κ3) is 1.96. The number of fused-ring (bicyclic) bond motifs is 1. The van der Waals surface area contributed by atoms with Gasteiger partial charge in [0.05, 0.1) is 11.1 Å².